The lowest BCUT2D eigenvalue weighted by Crippen LogP contribution is -2.34. The summed E-state index contributed by atoms with van der Waals surface area (Å²) in [5, 5.41) is 0. The molecule has 1 aliphatic rings. The van der Waals surface area contributed by atoms with E-state index >= 15 is 0 Å². The van der Waals surface area contributed by atoms with Gasteiger partial charge in [-0.15, -0.1) is 0 Å². The number of rotatable bonds is 2. The van der Waals surface area contributed by atoms with E-state index < -0.39 is 5.60 Å². The molecule has 1 saturated heterocycles. The number of hydrogen-bond donors (Lipinski definition) is 1. The van der Waals surface area contributed by atoms with E-state index in [1.807, 2.05) is 37.3 Å². The van der Waals surface area contributed by atoms with Crippen LogP contribution in [0.25, 0.3) is 11.3 Å². The van der Waals surface area contributed by atoms with Crippen molar-refractivity contribution in [3.05, 3.63) is 51.0 Å². The summed E-state index contributed by atoms with van der Waals surface area (Å²) in [4.78, 5) is 19.7. The second-order valence-corrected chi connectivity index (χ2v) is 6.27. The number of halogens is 1. The van der Waals surface area contributed by atoms with Crippen LogP contribution in [0.4, 0.5) is 0 Å². The van der Waals surface area contributed by atoms with Gasteiger partial charge in [-0.1, -0.05) is 30.3 Å². The second kappa shape index (κ2) is 5.73. The molecule has 110 valence electrons. The van der Waals surface area contributed by atoms with Crippen molar-refractivity contribution < 1.29 is 4.74 Å². The van der Waals surface area contributed by atoms with Crippen LogP contribution in [0.1, 0.15) is 32.0 Å². The fraction of sp³-hybridized carbons (Fsp3) is 0.375. The maximum absolute atomic E-state index is 12.2. The van der Waals surface area contributed by atoms with Gasteiger partial charge in [0.1, 0.15) is 15.9 Å². The van der Waals surface area contributed by atoms with Gasteiger partial charge in [0.25, 0.3) is 5.56 Å². The third kappa shape index (κ3) is 2.80. The van der Waals surface area contributed by atoms with Gasteiger partial charge in [-0.25, -0.2) is 4.98 Å². The Balaban J connectivity index is 2.12. The minimum Gasteiger partial charge on any atom is -0.367 e. The van der Waals surface area contributed by atoms with E-state index in [2.05, 4.69) is 25.9 Å². The molecule has 0 aliphatic carbocycles. The van der Waals surface area contributed by atoms with Gasteiger partial charge in [-0.05, 0) is 42.1 Å². The molecule has 1 aromatic carbocycles. The molecule has 0 radical (unpaired) electrons. The van der Waals surface area contributed by atoms with Crippen LogP contribution in [0.2, 0.25) is 0 Å². The van der Waals surface area contributed by atoms with Crippen molar-refractivity contribution in [1.29, 1.82) is 0 Å². The highest BCUT2D eigenvalue weighted by atomic mass is 79.9. The van der Waals surface area contributed by atoms with Gasteiger partial charge in [0.2, 0.25) is 0 Å². The fourth-order valence-corrected chi connectivity index (χ4v) is 3.03. The molecule has 1 aromatic heterocycles. The monoisotopic (exact) mass is 348 g/mol. The Morgan fingerprint density at radius 2 is 2.05 bits per heavy atom. The van der Waals surface area contributed by atoms with E-state index in [9.17, 15) is 4.79 Å². The molecule has 1 fully saturated rings. The minimum absolute atomic E-state index is 0.172. The number of H-pyrrole nitrogens is 1. The molecule has 5 heteroatoms. The average Bonchev–Trinajstić information content (AvgIpc) is 2.51. The van der Waals surface area contributed by atoms with E-state index in [-0.39, 0.29) is 5.56 Å². The summed E-state index contributed by atoms with van der Waals surface area (Å²) in [6.07, 6.45) is 3.00. The number of aromatic nitrogens is 2. The molecule has 4 nitrogen and oxygen atoms in total. The number of ether oxygens (including phenoxy) is 1. The van der Waals surface area contributed by atoms with Gasteiger partial charge in [0.15, 0.2) is 0 Å². The van der Waals surface area contributed by atoms with Crippen LogP contribution >= 0.6 is 15.9 Å². The van der Waals surface area contributed by atoms with Crippen molar-refractivity contribution >= 4 is 15.9 Å². The van der Waals surface area contributed by atoms with Crippen LogP contribution in [-0.2, 0) is 10.3 Å². The predicted molar refractivity (Wildman–Crippen MR) is 85.1 cm³/mol. The summed E-state index contributed by atoms with van der Waals surface area (Å²) in [6.45, 7) is 2.70. The van der Waals surface area contributed by atoms with Gasteiger partial charge in [-0.2, -0.15) is 0 Å². The zero-order valence-corrected chi connectivity index (χ0v) is 13.4. The first-order chi connectivity index (χ1) is 10.1. The topological polar surface area (TPSA) is 55.0 Å². The van der Waals surface area contributed by atoms with Gasteiger partial charge in [0.05, 0.1) is 5.69 Å². The maximum Gasteiger partial charge on any atom is 0.265 e. The predicted octanol–water partition coefficient (Wildman–Crippen LogP) is 3.62. The summed E-state index contributed by atoms with van der Waals surface area (Å²) >= 11 is 3.35. The Morgan fingerprint density at radius 3 is 2.71 bits per heavy atom. The number of benzene rings is 1. The van der Waals surface area contributed by atoms with E-state index in [0.29, 0.717) is 22.6 Å². The molecule has 0 spiro atoms. The third-order valence-corrected chi connectivity index (χ3v) is 4.62. The lowest BCUT2D eigenvalue weighted by molar-refractivity contribution is -0.0761. The molecule has 0 amide bonds. The van der Waals surface area contributed by atoms with E-state index in [4.69, 9.17) is 4.74 Å². The highest BCUT2D eigenvalue weighted by Gasteiger charge is 2.33. The van der Waals surface area contributed by atoms with Crippen LogP contribution < -0.4 is 5.56 Å². The summed E-state index contributed by atoms with van der Waals surface area (Å²) in [6, 6.07) is 9.70. The highest BCUT2D eigenvalue weighted by Crippen LogP contribution is 2.34. The molecule has 0 bridgehead atoms. The normalized spacial score (nSPS) is 22.2. The summed E-state index contributed by atoms with van der Waals surface area (Å²) < 4.78 is 6.34. The first-order valence-electron chi connectivity index (χ1n) is 7.10. The first-order valence-corrected chi connectivity index (χ1v) is 7.89. The van der Waals surface area contributed by atoms with Gasteiger partial charge < -0.3 is 9.72 Å². The van der Waals surface area contributed by atoms with E-state index in [1.54, 1.807) is 0 Å². The molecule has 0 saturated carbocycles. The van der Waals surface area contributed by atoms with E-state index in [1.165, 1.54) is 0 Å². The zero-order chi connectivity index (χ0) is 14.9. The van der Waals surface area contributed by atoms with Crippen LogP contribution in [0, 0.1) is 0 Å². The Kier molecular flexibility index (Phi) is 3.95. The molecule has 2 aromatic rings. The molecule has 1 unspecified atom stereocenters. The van der Waals surface area contributed by atoms with Gasteiger partial charge >= 0.3 is 0 Å². The largest absolute Gasteiger partial charge is 0.367 e. The molecular weight excluding hydrogens is 332 g/mol. The van der Waals surface area contributed by atoms with Crippen LogP contribution in [0.15, 0.2) is 39.6 Å². The minimum atomic E-state index is -0.512. The smallest absolute Gasteiger partial charge is 0.265 e. The highest BCUT2D eigenvalue weighted by molar-refractivity contribution is 9.10. The lowest BCUT2D eigenvalue weighted by Gasteiger charge is -2.33. The number of hydrogen-bond acceptors (Lipinski definition) is 3. The Hall–Kier alpha value is -1.46. The fourth-order valence-electron chi connectivity index (χ4n) is 2.62. The Morgan fingerprint density at radius 1 is 1.29 bits per heavy atom. The first kappa shape index (κ1) is 14.5. The zero-order valence-electron chi connectivity index (χ0n) is 11.9. The van der Waals surface area contributed by atoms with Crippen LogP contribution in [0.5, 0.6) is 0 Å². The third-order valence-electron chi connectivity index (χ3n) is 3.88. The quantitative estimate of drug-likeness (QED) is 0.901. The van der Waals surface area contributed by atoms with Crippen molar-refractivity contribution in [1.82, 2.24) is 9.97 Å². The summed E-state index contributed by atoms with van der Waals surface area (Å²) in [7, 11) is 0. The molecule has 2 heterocycles. The molecule has 1 atom stereocenters. The standard InChI is InChI=1S/C16H17BrN2O2/c1-16(9-5-6-10-21-16)15-18-13(12(17)14(20)19-15)11-7-3-2-4-8-11/h2-4,7-8H,5-6,9-10H2,1H3,(H,18,19,20). The maximum atomic E-state index is 12.2. The Bertz CT molecular complexity index is 691. The number of aromatic amines is 1. The molecule has 1 N–H and O–H groups in total. The summed E-state index contributed by atoms with van der Waals surface area (Å²) in [5.41, 5.74) is 0.886. The molecular formula is C16H17BrN2O2. The van der Waals surface area contributed by atoms with Crippen LogP contribution in [0.3, 0.4) is 0 Å². The molecule has 21 heavy (non-hydrogen) atoms. The van der Waals surface area contributed by atoms with Crippen molar-refractivity contribution in [3.63, 3.8) is 0 Å². The SMILES string of the molecule is CC1(c2nc(-c3ccccc3)c(Br)c(=O)[nH]2)CCCCO1. The van der Waals surface area contributed by atoms with E-state index in [0.717, 1.165) is 24.8 Å². The Labute approximate surface area is 131 Å². The molecule has 3 rings (SSSR count). The number of nitrogens with zero attached hydrogens (tertiary/aromatic N) is 1. The van der Waals surface area contributed by atoms with Gasteiger partial charge in [0, 0.05) is 12.2 Å². The van der Waals surface area contributed by atoms with Crippen molar-refractivity contribution in [2.24, 2.45) is 0 Å². The van der Waals surface area contributed by atoms with Crippen molar-refractivity contribution in [2.75, 3.05) is 6.61 Å². The van der Waals surface area contributed by atoms with Crippen molar-refractivity contribution in [3.8, 4) is 11.3 Å². The van der Waals surface area contributed by atoms with Gasteiger partial charge in [-0.3, -0.25) is 4.79 Å². The average molecular weight is 349 g/mol. The molecule has 1 aliphatic heterocycles. The van der Waals surface area contributed by atoms with Crippen molar-refractivity contribution in [2.45, 2.75) is 31.8 Å². The summed E-state index contributed by atoms with van der Waals surface area (Å²) in [5.74, 6) is 0.606. The second-order valence-electron chi connectivity index (χ2n) is 5.48. The number of nitrogens with one attached hydrogen (secondary N) is 1. The lowest BCUT2D eigenvalue weighted by atomic mass is 9.95. The van der Waals surface area contributed by atoms with Crippen LogP contribution in [-0.4, -0.2) is 16.6 Å².